The number of hydrogen-bond donors (Lipinski definition) is 1. The highest BCUT2D eigenvalue weighted by Crippen LogP contribution is 2.29. The molecule has 3 aliphatic heterocycles. The zero-order valence-corrected chi connectivity index (χ0v) is 21.3. The number of cyclic esters (lactones) is 1. The van der Waals surface area contributed by atoms with Crippen molar-refractivity contribution in [2.24, 2.45) is 0 Å². The van der Waals surface area contributed by atoms with Crippen LogP contribution in [0, 0.1) is 0 Å². The Bertz CT molecular complexity index is 1040. The van der Waals surface area contributed by atoms with Crippen molar-refractivity contribution >= 4 is 30.0 Å². The SMILES string of the molecule is CCC1CN(c2ccc(N3CCN(CCCOc4ccc5c(c4)B(O)OC5CC)CC3)cc2)C(=O)O1. The van der Waals surface area contributed by atoms with Crippen molar-refractivity contribution in [2.45, 2.75) is 45.3 Å². The molecule has 192 valence electrons. The lowest BCUT2D eigenvalue weighted by atomic mass is 9.79. The number of rotatable bonds is 9. The van der Waals surface area contributed by atoms with Gasteiger partial charge in [-0.25, -0.2) is 4.79 Å². The number of carbonyl (C=O) groups excluding carboxylic acids is 1. The Balaban J connectivity index is 1.04. The Hall–Kier alpha value is -2.75. The van der Waals surface area contributed by atoms with Gasteiger partial charge >= 0.3 is 13.2 Å². The highest BCUT2D eigenvalue weighted by atomic mass is 16.6. The van der Waals surface area contributed by atoms with E-state index in [4.69, 9.17) is 14.1 Å². The third-order valence-electron chi connectivity index (χ3n) is 7.45. The van der Waals surface area contributed by atoms with Gasteiger partial charge in [0.2, 0.25) is 0 Å². The van der Waals surface area contributed by atoms with E-state index in [9.17, 15) is 9.82 Å². The van der Waals surface area contributed by atoms with Crippen LogP contribution in [0.5, 0.6) is 5.75 Å². The summed E-state index contributed by atoms with van der Waals surface area (Å²) in [5.74, 6) is 0.786. The lowest BCUT2D eigenvalue weighted by molar-refractivity contribution is 0.139. The monoisotopic (exact) mass is 493 g/mol. The van der Waals surface area contributed by atoms with Crippen LogP contribution in [0.2, 0.25) is 0 Å². The minimum Gasteiger partial charge on any atom is -0.494 e. The van der Waals surface area contributed by atoms with Crippen molar-refractivity contribution in [1.82, 2.24) is 4.90 Å². The van der Waals surface area contributed by atoms with Gasteiger partial charge in [0.1, 0.15) is 11.9 Å². The van der Waals surface area contributed by atoms with Crippen LogP contribution in [0.3, 0.4) is 0 Å². The number of ether oxygens (including phenoxy) is 2. The number of benzene rings is 2. The standard InChI is InChI=1S/C27H36BN3O5/c1-3-22-19-31(27(32)35-22)21-8-6-20(7-9-21)30-15-13-29(14-16-30)12-5-17-34-23-10-11-24-25(18-23)28(33)36-26(24)4-2/h6-11,18,22,26,33H,3-5,12-17,19H2,1-2H3. The first-order valence-electron chi connectivity index (χ1n) is 13.2. The highest BCUT2D eigenvalue weighted by Gasteiger charge is 2.34. The molecule has 5 rings (SSSR count). The van der Waals surface area contributed by atoms with Crippen molar-refractivity contribution in [3.8, 4) is 5.75 Å². The fourth-order valence-corrected chi connectivity index (χ4v) is 5.26. The lowest BCUT2D eigenvalue weighted by Crippen LogP contribution is -2.46. The summed E-state index contributed by atoms with van der Waals surface area (Å²) in [6, 6.07) is 14.1. The van der Waals surface area contributed by atoms with E-state index < -0.39 is 7.12 Å². The van der Waals surface area contributed by atoms with Crippen molar-refractivity contribution in [3.05, 3.63) is 48.0 Å². The van der Waals surface area contributed by atoms with Gasteiger partial charge in [0.25, 0.3) is 0 Å². The summed E-state index contributed by atoms with van der Waals surface area (Å²) in [7, 11) is -0.855. The summed E-state index contributed by atoms with van der Waals surface area (Å²) in [4.78, 5) is 18.7. The van der Waals surface area contributed by atoms with E-state index >= 15 is 0 Å². The molecule has 2 fully saturated rings. The largest absolute Gasteiger partial charge is 0.494 e. The number of piperazine rings is 1. The van der Waals surface area contributed by atoms with E-state index in [1.165, 1.54) is 5.69 Å². The quantitative estimate of drug-likeness (QED) is 0.425. The van der Waals surface area contributed by atoms with Crippen molar-refractivity contribution in [2.75, 3.05) is 55.7 Å². The molecule has 0 aliphatic carbocycles. The average Bonchev–Trinajstić information content (AvgIpc) is 3.46. The molecule has 8 nitrogen and oxygen atoms in total. The van der Waals surface area contributed by atoms with Crippen LogP contribution < -0.4 is 20.0 Å². The average molecular weight is 493 g/mol. The Morgan fingerprint density at radius 1 is 1.03 bits per heavy atom. The molecule has 2 saturated heterocycles. The van der Waals surface area contributed by atoms with E-state index in [1.54, 1.807) is 4.90 Å². The molecule has 2 unspecified atom stereocenters. The van der Waals surface area contributed by atoms with Crippen molar-refractivity contribution in [3.63, 3.8) is 0 Å². The van der Waals surface area contributed by atoms with Crippen LogP contribution in [0.15, 0.2) is 42.5 Å². The fraction of sp³-hybridized carbons (Fsp3) is 0.519. The zero-order chi connectivity index (χ0) is 25.1. The minimum absolute atomic E-state index is 0.0138. The first-order valence-corrected chi connectivity index (χ1v) is 13.2. The highest BCUT2D eigenvalue weighted by molar-refractivity contribution is 6.61. The third kappa shape index (κ3) is 5.33. The van der Waals surface area contributed by atoms with Gasteiger partial charge in [-0.05, 0) is 66.7 Å². The van der Waals surface area contributed by atoms with E-state index in [2.05, 4.69) is 28.9 Å². The number of fused-ring (bicyclic) bond motifs is 1. The summed E-state index contributed by atoms with van der Waals surface area (Å²) < 4.78 is 16.9. The first kappa shape index (κ1) is 24.9. The van der Waals surface area contributed by atoms with Gasteiger partial charge < -0.3 is 24.1 Å². The van der Waals surface area contributed by atoms with Crippen LogP contribution in [-0.2, 0) is 9.39 Å². The molecule has 2 atom stereocenters. The van der Waals surface area contributed by atoms with Crippen molar-refractivity contribution in [1.29, 1.82) is 0 Å². The number of amides is 1. The molecule has 0 radical (unpaired) electrons. The molecule has 0 saturated carbocycles. The van der Waals surface area contributed by atoms with Gasteiger partial charge in [-0.15, -0.1) is 0 Å². The van der Waals surface area contributed by atoms with Gasteiger partial charge in [-0.2, -0.15) is 0 Å². The molecule has 9 heteroatoms. The number of nitrogens with zero attached hydrogens (tertiary/aromatic N) is 3. The van der Waals surface area contributed by atoms with Crippen molar-refractivity contribution < 1.29 is 23.9 Å². The Morgan fingerprint density at radius 2 is 1.78 bits per heavy atom. The van der Waals surface area contributed by atoms with Gasteiger partial charge in [0.05, 0.1) is 19.3 Å². The minimum atomic E-state index is -0.855. The predicted octanol–water partition coefficient (Wildman–Crippen LogP) is 3.18. The van der Waals surface area contributed by atoms with Gasteiger partial charge in [-0.1, -0.05) is 19.9 Å². The summed E-state index contributed by atoms with van der Waals surface area (Å²) in [6.45, 7) is 10.3. The molecule has 3 heterocycles. The molecular weight excluding hydrogens is 457 g/mol. The Kier molecular flexibility index (Phi) is 7.69. The molecular formula is C27H36BN3O5. The molecule has 2 aromatic carbocycles. The van der Waals surface area contributed by atoms with Crippen LogP contribution in [0.1, 0.15) is 44.8 Å². The molecule has 2 aromatic rings. The van der Waals surface area contributed by atoms with E-state index in [0.717, 1.165) is 74.4 Å². The maximum absolute atomic E-state index is 12.1. The summed E-state index contributed by atoms with van der Waals surface area (Å²) in [6.07, 6.45) is 2.34. The number of carbonyl (C=O) groups is 1. The van der Waals surface area contributed by atoms with Crippen LogP contribution in [0.4, 0.5) is 16.2 Å². The molecule has 0 spiro atoms. The van der Waals surface area contributed by atoms with Crippen LogP contribution in [-0.4, -0.2) is 75.1 Å². The second kappa shape index (κ2) is 11.1. The summed E-state index contributed by atoms with van der Waals surface area (Å²) in [5, 5.41) is 10.1. The summed E-state index contributed by atoms with van der Waals surface area (Å²) in [5.41, 5.74) is 3.98. The van der Waals surface area contributed by atoms with E-state index in [0.29, 0.717) is 13.2 Å². The topological polar surface area (TPSA) is 74.7 Å². The maximum Gasteiger partial charge on any atom is 0.492 e. The van der Waals surface area contributed by atoms with E-state index in [-0.39, 0.29) is 18.3 Å². The Labute approximate surface area is 213 Å². The molecule has 1 N–H and O–H groups in total. The molecule has 0 aromatic heterocycles. The second-order valence-electron chi connectivity index (χ2n) is 9.75. The van der Waals surface area contributed by atoms with E-state index in [1.807, 2.05) is 37.3 Å². The van der Waals surface area contributed by atoms with Crippen LogP contribution in [0.25, 0.3) is 0 Å². The lowest BCUT2D eigenvalue weighted by Gasteiger charge is -2.36. The van der Waals surface area contributed by atoms with Gasteiger partial charge in [-0.3, -0.25) is 9.80 Å². The number of hydrogen-bond acceptors (Lipinski definition) is 7. The molecule has 1 amide bonds. The Morgan fingerprint density at radius 3 is 2.47 bits per heavy atom. The number of anilines is 2. The fourth-order valence-electron chi connectivity index (χ4n) is 5.26. The smallest absolute Gasteiger partial charge is 0.492 e. The first-order chi connectivity index (χ1) is 17.6. The predicted molar refractivity (Wildman–Crippen MR) is 141 cm³/mol. The normalized spacial score (nSPS) is 22.2. The second-order valence-corrected chi connectivity index (χ2v) is 9.75. The molecule has 0 bridgehead atoms. The van der Waals surface area contributed by atoms with Crippen LogP contribution >= 0.6 is 0 Å². The molecule has 36 heavy (non-hydrogen) atoms. The summed E-state index contributed by atoms with van der Waals surface area (Å²) >= 11 is 0. The van der Waals surface area contributed by atoms with Gasteiger partial charge in [0, 0.05) is 44.1 Å². The molecule has 3 aliphatic rings. The zero-order valence-electron chi connectivity index (χ0n) is 21.3. The van der Waals surface area contributed by atoms with Gasteiger partial charge in [0.15, 0.2) is 0 Å². The third-order valence-corrected chi connectivity index (χ3v) is 7.45. The maximum atomic E-state index is 12.1.